The number of halogens is 1. The number of aromatic nitrogens is 2. The van der Waals surface area contributed by atoms with Crippen molar-refractivity contribution in [2.24, 2.45) is 0 Å². The minimum atomic E-state index is -0.437. The van der Waals surface area contributed by atoms with E-state index in [-0.39, 0.29) is 4.87 Å². The lowest BCUT2D eigenvalue weighted by molar-refractivity contribution is 0.623. The molecular formula is C9H7FN2OS. The topological polar surface area (TPSA) is 34.9 Å². The van der Waals surface area contributed by atoms with E-state index in [0.717, 1.165) is 17.5 Å². The summed E-state index contributed by atoms with van der Waals surface area (Å²) in [7, 11) is 0. The molecule has 0 aliphatic heterocycles. The highest BCUT2D eigenvalue weighted by molar-refractivity contribution is 7.15. The van der Waals surface area contributed by atoms with E-state index in [4.69, 9.17) is 0 Å². The maximum Gasteiger partial charge on any atom is 0.309 e. The van der Waals surface area contributed by atoms with Crippen LogP contribution in [-0.2, 0) is 6.54 Å². The fourth-order valence-corrected chi connectivity index (χ4v) is 2.05. The molecule has 0 saturated heterocycles. The van der Waals surface area contributed by atoms with Gasteiger partial charge in [0.05, 0.1) is 11.7 Å². The standard InChI is InChI=1S/C9H7FN2OS/c1-2-3-12-7-4-6(10)5-11-8(7)14-9(12)13/h2,4-5H,1,3H2. The molecule has 0 aromatic carbocycles. The molecule has 0 saturated carbocycles. The number of hydrogen-bond acceptors (Lipinski definition) is 3. The van der Waals surface area contributed by atoms with Gasteiger partial charge in [-0.3, -0.25) is 9.36 Å². The van der Waals surface area contributed by atoms with Gasteiger partial charge < -0.3 is 0 Å². The third-order valence-corrected chi connectivity index (χ3v) is 2.71. The van der Waals surface area contributed by atoms with Crippen molar-refractivity contribution in [2.45, 2.75) is 6.54 Å². The van der Waals surface area contributed by atoms with Crippen LogP contribution in [0.15, 0.2) is 29.7 Å². The molecule has 5 heteroatoms. The van der Waals surface area contributed by atoms with Crippen LogP contribution in [0.4, 0.5) is 4.39 Å². The number of rotatable bonds is 2. The van der Waals surface area contributed by atoms with Crippen LogP contribution < -0.4 is 4.87 Å². The fourth-order valence-electron chi connectivity index (χ4n) is 1.23. The van der Waals surface area contributed by atoms with Crippen molar-refractivity contribution in [2.75, 3.05) is 0 Å². The highest BCUT2D eigenvalue weighted by Crippen LogP contribution is 2.15. The number of fused-ring (bicyclic) bond motifs is 1. The van der Waals surface area contributed by atoms with E-state index < -0.39 is 5.82 Å². The van der Waals surface area contributed by atoms with Gasteiger partial charge in [-0.1, -0.05) is 17.4 Å². The van der Waals surface area contributed by atoms with Crippen LogP contribution in [0.1, 0.15) is 0 Å². The van der Waals surface area contributed by atoms with E-state index in [9.17, 15) is 9.18 Å². The van der Waals surface area contributed by atoms with Crippen LogP contribution in [0.3, 0.4) is 0 Å². The van der Waals surface area contributed by atoms with Crippen LogP contribution in [0.25, 0.3) is 10.3 Å². The summed E-state index contributed by atoms with van der Waals surface area (Å²) in [5, 5.41) is 0. The lowest BCUT2D eigenvalue weighted by atomic mass is 10.4. The molecule has 2 aromatic rings. The van der Waals surface area contributed by atoms with Gasteiger partial charge in [-0.25, -0.2) is 9.37 Å². The molecule has 0 unspecified atom stereocenters. The smallest absolute Gasteiger partial charge is 0.293 e. The normalized spacial score (nSPS) is 10.6. The Bertz CT molecular complexity index is 543. The number of pyridine rings is 1. The van der Waals surface area contributed by atoms with Crippen molar-refractivity contribution >= 4 is 21.7 Å². The first-order chi connectivity index (χ1) is 6.72. The Balaban J connectivity index is 2.79. The Morgan fingerprint density at radius 2 is 2.50 bits per heavy atom. The Labute approximate surface area is 83.1 Å². The minimum Gasteiger partial charge on any atom is -0.293 e. The zero-order chi connectivity index (χ0) is 10.1. The summed E-state index contributed by atoms with van der Waals surface area (Å²) in [5.41, 5.74) is 0.528. The summed E-state index contributed by atoms with van der Waals surface area (Å²) in [6.07, 6.45) is 2.70. The van der Waals surface area contributed by atoms with Crippen LogP contribution >= 0.6 is 11.3 Å². The largest absolute Gasteiger partial charge is 0.309 e. The molecular weight excluding hydrogens is 203 g/mol. The van der Waals surface area contributed by atoms with Crippen molar-refractivity contribution in [3.8, 4) is 0 Å². The summed E-state index contributed by atoms with van der Waals surface area (Å²) in [6.45, 7) is 3.92. The lowest BCUT2D eigenvalue weighted by Gasteiger charge is -1.97. The summed E-state index contributed by atoms with van der Waals surface area (Å²) in [4.78, 5) is 15.7. The van der Waals surface area contributed by atoms with E-state index in [0.29, 0.717) is 16.9 Å². The Kier molecular flexibility index (Phi) is 2.17. The molecule has 0 atom stereocenters. The van der Waals surface area contributed by atoms with Gasteiger partial charge in [-0.05, 0) is 0 Å². The van der Waals surface area contributed by atoms with Crippen molar-refractivity contribution in [3.05, 3.63) is 40.4 Å². The zero-order valence-electron chi connectivity index (χ0n) is 7.24. The predicted molar refractivity (Wildman–Crippen MR) is 54.0 cm³/mol. The van der Waals surface area contributed by atoms with Gasteiger partial charge >= 0.3 is 4.87 Å². The summed E-state index contributed by atoms with van der Waals surface area (Å²) in [6, 6.07) is 1.31. The van der Waals surface area contributed by atoms with E-state index in [1.54, 1.807) is 6.08 Å². The van der Waals surface area contributed by atoms with E-state index in [1.165, 1.54) is 10.6 Å². The van der Waals surface area contributed by atoms with Crippen LogP contribution in [-0.4, -0.2) is 9.55 Å². The van der Waals surface area contributed by atoms with E-state index in [1.807, 2.05) is 0 Å². The second-order valence-electron chi connectivity index (χ2n) is 2.75. The maximum atomic E-state index is 12.9. The molecule has 0 amide bonds. The van der Waals surface area contributed by atoms with Crippen molar-refractivity contribution in [3.63, 3.8) is 0 Å². The Morgan fingerprint density at radius 3 is 3.21 bits per heavy atom. The molecule has 0 bridgehead atoms. The average Bonchev–Trinajstić information content (AvgIpc) is 2.45. The molecule has 0 aliphatic carbocycles. The monoisotopic (exact) mass is 210 g/mol. The average molecular weight is 210 g/mol. The molecule has 72 valence electrons. The Hall–Kier alpha value is -1.49. The van der Waals surface area contributed by atoms with E-state index >= 15 is 0 Å². The first kappa shape index (κ1) is 9.08. The first-order valence-corrected chi connectivity index (χ1v) is 4.80. The molecule has 2 aromatic heterocycles. The van der Waals surface area contributed by atoms with Crippen molar-refractivity contribution < 1.29 is 4.39 Å². The molecule has 2 rings (SSSR count). The number of hydrogen-bond donors (Lipinski definition) is 0. The quantitative estimate of drug-likeness (QED) is 0.708. The number of thiazole rings is 1. The predicted octanol–water partition coefficient (Wildman–Crippen LogP) is 1.78. The van der Waals surface area contributed by atoms with Gasteiger partial charge in [0.25, 0.3) is 0 Å². The van der Waals surface area contributed by atoms with E-state index in [2.05, 4.69) is 11.6 Å². The van der Waals surface area contributed by atoms with Gasteiger partial charge in [0.2, 0.25) is 0 Å². The van der Waals surface area contributed by atoms with Gasteiger partial charge in [0, 0.05) is 12.6 Å². The fraction of sp³-hybridized carbons (Fsp3) is 0.111. The highest BCUT2D eigenvalue weighted by Gasteiger charge is 2.07. The molecule has 0 N–H and O–H groups in total. The third-order valence-electron chi connectivity index (χ3n) is 1.81. The van der Waals surface area contributed by atoms with Crippen LogP contribution in [0, 0.1) is 5.82 Å². The summed E-state index contributed by atoms with van der Waals surface area (Å²) >= 11 is 1.01. The van der Waals surface area contributed by atoms with Gasteiger partial charge in [0.1, 0.15) is 10.6 Å². The second kappa shape index (κ2) is 3.34. The molecule has 0 radical (unpaired) electrons. The molecule has 0 fully saturated rings. The molecule has 14 heavy (non-hydrogen) atoms. The van der Waals surface area contributed by atoms with Crippen LogP contribution in [0.5, 0.6) is 0 Å². The first-order valence-electron chi connectivity index (χ1n) is 3.98. The molecule has 2 heterocycles. The second-order valence-corrected chi connectivity index (χ2v) is 3.69. The summed E-state index contributed by atoms with van der Waals surface area (Å²) in [5.74, 6) is -0.437. The molecule has 0 aliphatic rings. The van der Waals surface area contributed by atoms with Crippen LogP contribution in [0.2, 0.25) is 0 Å². The zero-order valence-corrected chi connectivity index (χ0v) is 8.05. The molecule has 0 spiro atoms. The van der Waals surface area contributed by atoms with Crippen molar-refractivity contribution in [1.29, 1.82) is 0 Å². The Morgan fingerprint density at radius 1 is 1.71 bits per heavy atom. The minimum absolute atomic E-state index is 0.141. The number of nitrogens with zero attached hydrogens (tertiary/aromatic N) is 2. The molecule has 3 nitrogen and oxygen atoms in total. The highest BCUT2D eigenvalue weighted by atomic mass is 32.1. The summed E-state index contributed by atoms with van der Waals surface area (Å²) < 4.78 is 14.3. The number of allylic oxidation sites excluding steroid dienone is 1. The van der Waals surface area contributed by atoms with Gasteiger partial charge in [-0.15, -0.1) is 6.58 Å². The maximum absolute atomic E-state index is 12.9. The third kappa shape index (κ3) is 1.35. The SMILES string of the molecule is C=CCn1c(=O)sc2ncc(F)cc21. The van der Waals surface area contributed by atoms with Crippen molar-refractivity contribution in [1.82, 2.24) is 9.55 Å². The van der Waals surface area contributed by atoms with Gasteiger partial charge in [0.15, 0.2) is 0 Å². The lowest BCUT2D eigenvalue weighted by Crippen LogP contribution is -2.11. The van der Waals surface area contributed by atoms with Gasteiger partial charge in [-0.2, -0.15) is 0 Å².